The van der Waals surface area contributed by atoms with E-state index >= 15 is 0 Å². The van der Waals surface area contributed by atoms with Crippen LogP contribution in [0, 0.1) is 6.92 Å². The van der Waals surface area contributed by atoms with Crippen molar-refractivity contribution in [1.29, 1.82) is 0 Å². The van der Waals surface area contributed by atoms with Crippen LogP contribution in [0.3, 0.4) is 0 Å². The summed E-state index contributed by atoms with van der Waals surface area (Å²) in [5.74, 6) is -0.871. The number of halogens is 2. The number of ether oxygens (including phenoxy) is 1. The van der Waals surface area contributed by atoms with E-state index in [1.807, 2.05) is 0 Å². The van der Waals surface area contributed by atoms with Crippen LogP contribution in [0.25, 0.3) is 22.0 Å². The zero-order valence-electron chi connectivity index (χ0n) is 16.0. The fraction of sp³-hybridized carbons (Fsp3) is 0.316. The lowest BCUT2D eigenvalue weighted by molar-refractivity contribution is -0.0518. The molecule has 1 amide bonds. The van der Waals surface area contributed by atoms with Crippen molar-refractivity contribution in [3.05, 3.63) is 41.2 Å². The number of H-pyrrole nitrogens is 1. The second kappa shape index (κ2) is 7.31. The minimum atomic E-state index is -3.10. The number of hydrogen-bond donors (Lipinski definition) is 3. The molecule has 158 valence electrons. The quantitative estimate of drug-likeness (QED) is 0.512. The van der Waals surface area contributed by atoms with Crippen molar-refractivity contribution in [1.82, 2.24) is 20.5 Å². The van der Waals surface area contributed by atoms with E-state index < -0.39 is 28.0 Å². The van der Waals surface area contributed by atoms with E-state index in [2.05, 4.69) is 25.2 Å². The average molecular weight is 436 g/mol. The minimum Gasteiger partial charge on any atom is -0.415 e. The molecule has 0 radical (unpaired) electrons. The lowest BCUT2D eigenvalue weighted by atomic mass is 9.94. The number of carbonyl (C=O) groups is 1. The molecule has 3 aromatic rings. The molecule has 2 heterocycles. The molecule has 2 N–H and O–H groups in total. The fourth-order valence-corrected chi connectivity index (χ4v) is 4.66. The van der Waals surface area contributed by atoms with Crippen molar-refractivity contribution >= 4 is 27.5 Å². The molecule has 1 saturated carbocycles. The first-order valence-electron chi connectivity index (χ1n) is 9.08. The summed E-state index contributed by atoms with van der Waals surface area (Å²) in [6.07, 6.45) is 2.43. The van der Waals surface area contributed by atoms with Crippen LogP contribution in [0.4, 0.5) is 8.78 Å². The van der Waals surface area contributed by atoms with Crippen LogP contribution in [-0.4, -0.2) is 43.2 Å². The monoisotopic (exact) mass is 436 g/mol. The number of alkyl halides is 2. The molecule has 0 aliphatic heterocycles. The number of benzene rings is 1. The van der Waals surface area contributed by atoms with Crippen LogP contribution in [0.15, 0.2) is 24.4 Å². The highest BCUT2D eigenvalue weighted by atomic mass is 32.2. The maximum absolute atomic E-state index is 12.9. The first-order valence-corrected chi connectivity index (χ1v) is 10.3. The van der Waals surface area contributed by atoms with Crippen LogP contribution < -0.4 is 10.1 Å². The molecular formula is C19H18F2N4O4S. The second-order valence-corrected chi connectivity index (χ2v) is 8.45. The summed E-state index contributed by atoms with van der Waals surface area (Å²) in [5.41, 5.74) is 2.50. The first kappa shape index (κ1) is 20.2. The summed E-state index contributed by atoms with van der Waals surface area (Å²) < 4.78 is 52.9. The summed E-state index contributed by atoms with van der Waals surface area (Å²) in [6.45, 7) is -1.33. The molecule has 0 spiro atoms. The standard InChI is InChI=1S/C19H18F2N4O4S/c1-9-7-10(3-4-11(9)19(5-6-19)30(27)28)13-14-12(8-23-15(13)16(26)22-2)24-25-17(14)29-18(20)21/h3-4,7-8,18,30H,5-6H2,1-2H3,(H,22,26)(H,24,25). The molecule has 1 aromatic carbocycles. The van der Waals surface area contributed by atoms with Crippen LogP contribution in [0.2, 0.25) is 0 Å². The average Bonchev–Trinajstić information content (AvgIpc) is 3.43. The molecule has 0 bridgehead atoms. The molecule has 2 aromatic heterocycles. The van der Waals surface area contributed by atoms with Crippen molar-refractivity contribution in [2.75, 3.05) is 7.05 Å². The van der Waals surface area contributed by atoms with Gasteiger partial charge in [-0.25, -0.2) is 13.4 Å². The Morgan fingerprint density at radius 2 is 2.07 bits per heavy atom. The number of nitrogens with zero attached hydrogens (tertiary/aromatic N) is 2. The van der Waals surface area contributed by atoms with E-state index in [-0.39, 0.29) is 22.5 Å². The molecule has 1 aliphatic rings. The molecule has 1 aliphatic carbocycles. The van der Waals surface area contributed by atoms with E-state index in [9.17, 15) is 22.0 Å². The summed E-state index contributed by atoms with van der Waals surface area (Å²) in [5, 5.41) is 9.03. The Hall–Kier alpha value is -3.08. The number of aromatic amines is 1. The van der Waals surface area contributed by atoms with E-state index in [0.717, 1.165) is 0 Å². The zero-order valence-corrected chi connectivity index (χ0v) is 16.9. The number of thiol groups is 1. The minimum absolute atomic E-state index is 0.00806. The Balaban J connectivity index is 1.96. The van der Waals surface area contributed by atoms with Crippen LogP contribution in [0.1, 0.15) is 34.5 Å². The highest BCUT2D eigenvalue weighted by Gasteiger charge is 2.49. The summed E-state index contributed by atoms with van der Waals surface area (Å²) in [6, 6.07) is 5.07. The molecule has 30 heavy (non-hydrogen) atoms. The van der Waals surface area contributed by atoms with Crippen molar-refractivity contribution in [2.45, 2.75) is 31.1 Å². The van der Waals surface area contributed by atoms with Gasteiger partial charge in [0, 0.05) is 12.6 Å². The molecule has 0 unspecified atom stereocenters. The third-order valence-corrected chi connectivity index (χ3v) is 6.69. The molecule has 1 fully saturated rings. The van der Waals surface area contributed by atoms with Crippen molar-refractivity contribution < 1.29 is 26.7 Å². The van der Waals surface area contributed by atoms with Crippen LogP contribution in [0.5, 0.6) is 5.88 Å². The van der Waals surface area contributed by atoms with Gasteiger partial charge in [0.1, 0.15) is 16.4 Å². The third kappa shape index (κ3) is 3.18. The molecule has 4 rings (SSSR count). The summed E-state index contributed by atoms with van der Waals surface area (Å²) >= 11 is 0. The molecule has 0 atom stereocenters. The Labute approximate surface area is 171 Å². The Morgan fingerprint density at radius 3 is 2.63 bits per heavy atom. The first-order chi connectivity index (χ1) is 14.3. The van der Waals surface area contributed by atoms with Crippen molar-refractivity contribution in [3.8, 4) is 17.0 Å². The topological polar surface area (TPSA) is 114 Å². The second-order valence-electron chi connectivity index (χ2n) is 7.08. The number of amides is 1. The molecule has 11 heteroatoms. The van der Waals surface area contributed by atoms with Crippen molar-refractivity contribution in [3.63, 3.8) is 0 Å². The number of aromatic nitrogens is 3. The lowest BCUT2D eigenvalue weighted by Gasteiger charge is -2.15. The highest BCUT2D eigenvalue weighted by molar-refractivity contribution is 7.74. The number of fused-ring (bicyclic) bond motifs is 1. The van der Waals surface area contributed by atoms with Gasteiger partial charge in [-0.3, -0.25) is 9.89 Å². The smallest absolute Gasteiger partial charge is 0.388 e. The van der Waals surface area contributed by atoms with E-state index in [1.165, 1.54) is 13.2 Å². The number of pyridine rings is 1. The number of nitrogens with one attached hydrogen (secondary N) is 2. The van der Waals surface area contributed by atoms with Gasteiger partial charge in [0.05, 0.1) is 21.8 Å². The van der Waals surface area contributed by atoms with E-state index in [4.69, 9.17) is 0 Å². The van der Waals surface area contributed by atoms with Gasteiger partial charge in [0.15, 0.2) is 0 Å². The van der Waals surface area contributed by atoms with Gasteiger partial charge in [-0.05, 0) is 36.5 Å². The van der Waals surface area contributed by atoms with E-state index in [0.29, 0.717) is 35.0 Å². The number of hydrogen-bond acceptors (Lipinski definition) is 6. The van der Waals surface area contributed by atoms with Gasteiger partial charge in [0.25, 0.3) is 5.91 Å². The molecule has 0 saturated heterocycles. The lowest BCUT2D eigenvalue weighted by Crippen LogP contribution is -2.20. The van der Waals surface area contributed by atoms with Gasteiger partial charge in [0.2, 0.25) is 5.88 Å². The Morgan fingerprint density at radius 1 is 1.33 bits per heavy atom. The van der Waals surface area contributed by atoms with Gasteiger partial charge in [-0.1, -0.05) is 18.2 Å². The Bertz CT molecular complexity index is 1230. The number of carbonyl (C=O) groups excluding carboxylic acids is 1. The fourth-order valence-electron chi connectivity index (χ4n) is 3.74. The SMILES string of the molecule is CNC(=O)c1ncc2[nH]nc(OC(F)F)c2c1-c1ccc(C2([SH](=O)=O)CC2)c(C)c1. The Kier molecular flexibility index (Phi) is 4.92. The molecule has 8 nitrogen and oxygen atoms in total. The van der Waals surface area contributed by atoms with Gasteiger partial charge < -0.3 is 10.1 Å². The molecular weight excluding hydrogens is 418 g/mol. The third-order valence-electron chi connectivity index (χ3n) is 5.30. The van der Waals surface area contributed by atoms with Gasteiger partial charge in [-0.2, -0.15) is 8.78 Å². The predicted octanol–water partition coefficient (Wildman–Crippen LogP) is 2.49. The highest BCUT2D eigenvalue weighted by Crippen LogP contribution is 2.50. The zero-order chi connectivity index (χ0) is 21.6. The van der Waals surface area contributed by atoms with Crippen molar-refractivity contribution in [2.24, 2.45) is 0 Å². The van der Waals surface area contributed by atoms with E-state index in [1.54, 1.807) is 25.1 Å². The maximum Gasteiger partial charge on any atom is 0.388 e. The van der Waals surface area contributed by atoms with Gasteiger partial charge >= 0.3 is 6.61 Å². The normalized spacial score (nSPS) is 15.0. The summed E-state index contributed by atoms with van der Waals surface area (Å²) in [7, 11) is -1.21. The number of aryl methyl sites for hydroxylation is 1. The number of rotatable bonds is 6. The largest absolute Gasteiger partial charge is 0.415 e. The van der Waals surface area contributed by atoms with Crippen LogP contribution >= 0.6 is 0 Å². The predicted molar refractivity (Wildman–Crippen MR) is 105 cm³/mol. The summed E-state index contributed by atoms with van der Waals surface area (Å²) in [4.78, 5) is 16.6. The maximum atomic E-state index is 12.9. The van der Waals surface area contributed by atoms with Gasteiger partial charge in [-0.15, -0.1) is 5.10 Å². The van der Waals surface area contributed by atoms with Crippen LogP contribution in [-0.2, 0) is 15.5 Å².